The number of dihydropyridines is 1. The van der Waals surface area contributed by atoms with Crippen molar-refractivity contribution in [3.8, 4) is 0 Å². The Hall–Kier alpha value is -1.94. The van der Waals surface area contributed by atoms with Crippen molar-refractivity contribution in [2.75, 3.05) is 0 Å². The van der Waals surface area contributed by atoms with E-state index in [1.807, 2.05) is 13.8 Å². The SMILES string of the molecule is Cc1cc(C)c(C2(N)NC=CC(N)=C2N)c(C)c1. The Kier molecular flexibility index (Phi) is 2.83. The summed E-state index contributed by atoms with van der Waals surface area (Å²) in [5, 5.41) is 3.13. The summed E-state index contributed by atoms with van der Waals surface area (Å²) in [7, 11) is 0. The van der Waals surface area contributed by atoms with Crippen molar-refractivity contribution in [2.24, 2.45) is 17.2 Å². The van der Waals surface area contributed by atoms with Crippen molar-refractivity contribution in [1.82, 2.24) is 5.32 Å². The summed E-state index contributed by atoms with van der Waals surface area (Å²) in [4.78, 5) is 0. The summed E-state index contributed by atoms with van der Waals surface area (Å²) in [6.07, 6.45) is 3.46. The van der Waals surface area contributed by atoms with Crippen LogP contribution in [0.3, 0.4) is 0 Å². The molecule has 0 aliphatic carbocycles. The highest BCUT2D eigenvalue weighted by atomic mass is 15.1. The molecule has 0 spiro atoms. The van der Waals surface area contributed by atoms with Crippen LogP contribution in [0.1, 0.15) is 22.3 Å². The molecular formula is C14H20N4. The zero-order chi connectivity index (χ0) is 13.5. The number of rotatable bonds is 1. The van der Waals surface area contributed by atoms with Gasteiger partial charge in [-0.3, -0.25) is 5.73 Å². The molecule has 7 N–H and O–H groups in total. The minimum Gasteiger partial charge on any atom is -0.397 e. The molecule has 4 heteroatoms. The highest BCUT2D eigenvalue weighted by molar-refractivity contribution is 5.49. The lowest BCUT2D eigenvalue weighted by molar-refractivity contribution is 0.446. The van der Waals surface area contributed by atoms with E-state index in [9.17, 15) is 0 Å². The predicted molar refractivity (Wildman–Crippen MR) is 74.2 cm³/mol. The quantitative estimate of drug-likeness (QED) is 0.592. The number of benzene rings is 1. The van der Waals surface area contributed by atoms with Crippen LogP contribution in [0.4, 0.5) is 0 Å². The minimum atomic E-state index is -0.930. The molecule has 0 aromatic heterocycles. The third-order valence-corrected chi connectivity index (χ3v) is 3.38. The Morgan fingerprint density at radius 3 is 2.17 bits per heavy atom. The van der Waals surface area contributed by atoms with Crippen molar-refractivity contribution in [1.29, 1.82) is 0 Å². The molecular weight excluding hydrogens is 224 g/mol. The summed E-state index contributed by atoms with van der Waals surface area (Å²) in [6, 6.07) is 4.20. The molecule has 18 heavy (non-hydrogen) atoms. The molecule has 1 aromatic rings. The van der Waals surface area contributed by atoms with Crippen LogP contribution in [0.15, 0.2) is 35.8 Å². The topological polar surface area (TPSA) is 90.1 Å². The Labute approximate surface area is 108 Å². The van der Waals surface area contributed by atoms with E-state index in [0.717, 1.165) is 16.7 Å². The number of aryl methyl sites for hydroxylation is 3. The van der Waals surface area contributed by atoms with Gasteiger partial charge in [0.15, 0.2) is 5.66 Å². The first-order chi connectivity index (χ1) is 8.36. The van der Waals surface area contributed by atoms with Gasteiger partial charge in [-0.05, 0) is 38.0 Å². The molecule has 1 aliphatic rings. The standard InChI is InChI=1S/C14H20N4/c1-8-6-9(2)12(10(3)7-8)14(17)13(16)11(15)4-5-18-14/h4-7,18H,15-17H2,1-3H3. The first-order valence-corrected chi connectivity index (χ1v) is 5.93. The van der Waals surface area contributed by atoms with Gasteiger partial charge in [0.1, 0.15) is 0 Å². The molecule has 0 saturated carbocycles. The van der Waals surface area contributed by atoms with E-state index >= 15 is 0 Å². The molecule has 2 rings (SSSR count). The Morgan fingerprint density at radius 2 is 1.61 bits per heavy atom. The van der Waals surface area contributed by atoms with Crippen molar-refractivity contribution in [2.45, 2.75) is 26.4 Å². The number of hydrogen-bond donors (Lipinski definition) is 4. The molecule has 4 nitrogen and oxygen atoms in total. The molecule has 0 saturated heterocycles. The molecule has 1 atom stereocenters. The van der Waals surface area contributed by atoms with Crippen molar-refractivity contribution >= 4 is 0 Å². The summed E-state index contributed by atoms with van der Waals surface area (Å²) < 4.78 is 0. The van der Waals surface area contributed by atoms with Gasteiger partial charge in [-0.1, -0.05) is 17.7 Å². The largest absolute Gasteiger partial charge is 0.397 e. The maximum atomic E-state index is 6.44. The summed E-state index contributed by atoms with van der Waals surface area (Å²) in [6.45, 7) is 6.13. The van der Waals surface area contributed by atoms with Crippen LogP contribution < -0.4 is 22.5 Å². The Bertz CT molecular complexity index is 534. The van der Waals surface area contributed by atoms with Crippen molar-refractivity contribution < 1.29 is 0 Å². The van der Waals surface area contributed by atoms with Gasteiger partial charge < -0.3 is 16.8 Å². The van der Waals surface area contributed by atoms with E-state index < -0.39 is 5.66 Å². The molecule has 1 heterocycles. The molecule has 0 amide bonds. The Balaban J connectivity index is 2.66. The summed E-state index contributed by atoms with van der Waals surface area (Å²) in [5.74, 6) is 0. The first-order valence-electron chi connectivity index (χ1n) is 5.93. The molecule has 0 fully saturated rings. The van der Waals surface area contributed by atoms with E-state index in [0.29, 0.717) is 11.4 Å². The van der Waals surface area contributed by atoms with E-state index in [4.69, 9.17) is 17.2 Å². The van der Waals surface area contributed by atoms with Gasteiger partial charge in [-0.2, -0.15) is 0 Å². The van der Waals surface area contributed by atoms with Crippen molar-refractivity contribution in [3.63, 3.8) is 0 Å². The van der Waals surface area contributed by atoms with Crippen molar-refractivity contribution in [3.05, 3.63) is 58.1 Å². The minimum absolute atomic E-state index is 0.458. The fourth-order valence-electron chi connectivity index (χ4n) is 2.67. The lowest BCUT2D eigenvalue weighted by Gasteiger charge is -2.36. The van der Waals surface area contributed by atoms with Gasteiger partial charge in [-0.15, -0.1) is 0 Å². The van der Waals surface area contributed by atoms with Crippen LogP contribution in [0, 0.1) is 20.8 Å². The second-order valence-electron chi connectivity index (χ2n) is 4.93. The molecule has 1 aliphatic heterocycles. The smallest absolute Gasteiger partial charge is 0.155 e. The lowest BCUT2D eigenvalue weighted by Crippen LogP contribution is -2.55. The van der Waals surface area contributed by atoms with Crippen LogP contribution in [-0.2, 0) is 5.66 Å². The van der Waals surface area contributed by atoms with Gasteiger partial charge in [0.25, 0.3) is 0 Å². The molecule has 96 valence electrons. The molecule has 1 unspecified atom stereocenters. The third kappa shape index (κ3) is 1.75. The zero-order valence-corrected chi connectivity index (χ0v) is 11.0. The second kappa shape index (κ2) is 4.07. The van der Waals surface area contributed by atoms with E-state index in [1.54, 1.807) is 12.3 Å². The number of hydrogen-bond acceptors (Lipinski definition) is 4. The van der Waals surface area contributed by atoms with Gasteiger partial charge in [0.2, 0.25) is 0 Å². The maximum Gasteiger partial charge on any atom is 0.155 e. The van der Waals surface area contributed by atoms with Gasteiger partial charge in [0, 0.05) is 11.8 Å². The highest BCUT2D eigenvalue weighted by Gasteiger charge is 2.35. The monoisotopic (exact) mass is 244 g/mol. The normalized spacial score (nSPS) is 23.1. The van der Waals surface area contributed by atoms with Gasteiger partial charge in [0.05, 0.1) is 11.4 Å². The average molecular weight is 244 g/mol. The van der Waals surface area contributed by atoms with E-state index in [1.165, 1.54) is 5.56 Å². The summed E-state index contributed by atoms with van der Waals surface area (Å²) >= 11 is 0. The predicted octanol–water partition coefficient (Wildman–Crippen LogP) is 0.969. The lowest BCUT2D eigenvalue weighted by atomic mass is 9.86. The fourth-order valence-corrected chi connectivity index (χ4v) is 2.67. The van der Waals surface area contributed by atoms with Crippen LogP contribution >= 0.6 is 0 Å². The fraction of sp³-hybridized carbons (Fsp3) is 0.286. The van der Waals surface area contributed by atoms with Gasteiger partial charge in [-0.25, -0.2) is 0 Å². The maximum absolute atomic E-state index is 6.44. The van der Waals surface area contributed by atoms with Crippen LogP contribution in [0.5, 0.6) is 0 Å². The Morgan fingerprint density at radius 1 is 1.06 bits per heavy atom. The highest BCUT2D eigenvalue weighted by Crippen LogP contribution is 2.31. The average Bonchev–Trinajstić information content (AvgIpc) is 2.24. The van der Waals surface area contributed by atoms with Gasteiger partial charge >= 0.3 is 0 Å². The molecule has 0 bridgehead atoms. The van der Waals surface area contributed by atoms with E-state index in [2.05, 4.69) is 24.4 Å². The number of nitrogens with one attached hydrogen (secondary N) is 1. The van der Waals surface area contributed by atoms with E-state index in [-0.39, 0.29) is 0 Å². The van der Waals surface area contributed by atoms with Crippen LogP contribution in [-0.4, -0.2) is 0 Å². The molecule has 0 radical (unpaired) electrons. The number of allylic oxidation sites excluding steroid dienone is 1. The van der Waals surface area contributed by atoms with Crippen LogP contribution in [0.25, 0.3) is 0 Å². The molecule has 1 aromatic carbocycles. The summed E-state index contributed by atoms with van der Waals surface area (Å²) in [5.41, 5.74) is 22.8. The zero-order valence-electron chi connectivity index (χ0n) is 11.0. The first kappa shape index (κ1) is 12.5. The van der Waals surface area contributed by atoms with Crippen LogP contribution in [0.2, 0.25) is 0 Å². The second-order valence-corrected chi connectivity index (χ2v) is 4.93. The third-order valence-electron chi connectivity index (χ3n) is 3.38. The number of nitrogens with two attached hydrogens (primary N) is 3.